The highest BCUT2D eigenvalue weighted by atomic mass is 127. The first kappa shape index (κ1) is 21.4. The SMILES string of the molecule is CN=C(NCCCc1nc2ccccc2[nH]1)NCCc1ccc(Cl)nc1.I. The zero-order chi connectivity index (χ0) is 18.2. The molecule has 0 aliphatic carbocycles. The third kappa shape index (κ3) is 6.66. The Morgan fingerprint density at radius 1 is 1.11 bits per heavy atom. The molecule has 0 saturated carbocycles. The van der Waals surface area contributed by atoms with Gasteiger partial charge in [-0.1, -0.05) is 29.8 Å². The lowest BCUT2D eigenvalue weighted by molar-refractivity contribution is 0.724. The number of imidazole rings is 1. The second kappa shape index (κ2) is 11.1. The molecular formula is C19H24ClIN6. The maximum absolute atomic E-state index is 5.79. The number of H-pyrrole nitrogens is 1. The molecule has 0 atom stereocenters. The summed E-state index contributed by atoms with van der Waals surface area (Å²) < 4.78 is 0. The maximum Gasteiger partial charge on any atom is 0.190 e. The predicted molar refractivity (Wildman–Crippen MR) is 122 cm³/mol. The molecule has 27 heavy (non-hydrogen) atoms. The molecule has 0 saturated heterocycles. The van der Waals surface area contributed by atoms with Gasteiger partial charge in [0.25, 0.3) is 0 Å². The van der Waals surface area contributed by atoms with Crippen molar-refractivity contribution >= 4 is 52.6 Å². The van der Waals surface area contributed by atoms with Crippen molar-refractivity contribution in [2.24, 2.45) is 4.99 Å². The first-order chi connectivity index (χ1) is 12.7. The van der Waals surface area contributed by atoms with E-state index >= 15 is 0 Å². The summed E-state index contributed by atoms with van der Waals surface area (Å²) >= 11 is 5.79. The molecule has 2 heterocycles. The summed E-state index contributed by atoms with van der Waals surface area (Å²) in [6.45, 7) is 1.62. The molecule has 0 radical (unpaired) electrons. The fraction of sp³-hybridized carbons (Fsp3) is 0.316. The van der Waals surface area contributed by atoms with E-state index < -0.39 is 0 Å². The van der Waals surface area contributed by atoms with Gasteiger partial charge in [0.2, 0.25) is 0 Å². The molecule has 3 aromatic rings. The first-order valence-electron chi connectivity index (χ1n) is 8.73. The minimum atomic E-state index is 0. The Morgan fingerprint density at radius 2 is 1.93 bits per heavy atom. The molecule has 1 aromatic carbocycles. The van der Waals surface area contributed by atoms with Gasteiger partial charge in [0.1, 0.15) is 11.0 Å². The quantitative estimate of drug-likeness (QED) is 0.153. The van der Waals surface area contributed by atoms with E-state index in [-0.39, 0.29) is 24.0 Å². The van der Waals surface area contributed by atoms with Crippen molar-refractivity contribution in [2.45, 2.75) is 19.3 Å². The first-order valence-corrected chi connectivity index (χ1v) is 9.11. The van der Waals surface area contributed by atoms with Gasteiger partial charge in [-0.2, -0.15) is 0 Å². The van der Waals surface area contributed by atoms with Gasteiger partial charge in [-0.15, -0.1) is 24.0 Å². The van der Waals surface area contributed by atoms with Gasteiger partial charge in [-0.3, -0.25) is 4.99 Å². The van der Waals surface area contributed by atoms with Crippen molar-refractivity contribution in [3.63, 3.8) is 0 Å². The third-order valence-electron chi connectivity index (χ3n) is 4.04. The van der Waals surface area contributed by atoms with Crippen LogP contribution in [0.3, 0.4) is 0 Å². The average Bonchev–Trinajstić information content (AvgIpc) is 3.08. The Hall–Kier alpha value is -1.87. The molecule has 0 amide bonds. The molecule has 0 spiro atoms. The largest absolute Gasteiger partial charge is 0.356 e. The fourth-order valence-electron chi connectivity index (χ4n) is 2.69. The van der Waals surface area contributed by atoms with Gasteiger partial charge in [0.05, 0.1) is 11.0 Å². The third-order valence-corrected chi connectivity index (χ3v) is 4.26. The zero-order valence-corrected chi connectivity index (χ0v) is 18.3. The van der Waals surface area contributed by atoms with Gasteiger partial charge in [-0.25, -0.2) is 9.97 Å². The highest BCUT2D eigenvalue weighted by Gasteiger charge is 2.02. The van der Waals surface area contributed by atoms with Gasteiger partial charge in [-0.05, 0) is 36.6 Å². The van der Waals surface area contributed by atoms with Crippen LogP contribution in [0.4, 0.5) is 0 Å². The number of rotatable bonds is 7. The summed E-state index contributed by atoms with van der Waals surface area (Å²) in [6, 6.07) is 11.9. The predicted octanol–water partition coefficient (Wildman–Crippen LogP) is 3.57. The van der Waals surface area contributed by atoms with Crippen LogP contribution in [0.1, 0.15) is 17.8 Å². The van der Waals surface area contributed by atoms with Crippen molar-refractivity contribution in [2.75, 3.05) is 20.1 Å². The van der Waals surface area contributed by atoms with E-state index in [2.05, 4.69) is 30.6 Å². The van der Waals surface area contributed by atoms with Crippen molar-refractivity contribution < 1.29 is 0 Å². The van der Waals surface area contributed by atoms with Gasteiger partial charge in [0.15, 0.2) is 5.96 Å². The summed E-state index contributed by atoms with van der Waals surface area (Å²) in [7, 11) is 1.78. The Balaban J connectivity index is 0.00000261. The number of benzene rings is 1. The van der Waals surface area contributed by atoms with E-state index in [1.807, 2.05) is 36.4 Å². The number of hydrogen-bond donors (Lipinski definition) is 3. The highest BCUT2D eigenvalue weighted by Crippen LogP contribution is 2.11. The number of para-hydroxylation sites is 2. The van der Waals surface area contributed by atoms with Crippen molar-refractivity contribution in [3.8, 4) is 0 Å². The molecule has 8 heteroatoms. The van der Waals surface area contributed by atoms with E-state index in [1.54, 1.807) is 13.2 Å². The number of aliphatic imine (C=N–C) groups is 1. The van der Waals surface area contributed by atoms with Crippen LogP contribution in [-0.4, -0.2) is 41.0 Å². The summed E-state index contributed by atoms with van der Waals surface area (Å²) in [5, 5.41) is 7.15. The summed E-state index contributed by atoms with van der Waals surface area (Å²) in [4.78, 5) is 16.3. The van der Waals surface area contributed by atoms with Crippen LogP contribution < -0.4 is 10.6 Å². The van der Waals surface area contributed by atoms with Crippen molar-refractivity contribution in [1.82, 2.24) is 25.6 Å². The summed E-state index contributed by atoms with van der Waals surface area (Å²) in [5.74, 6) is 1.82. The minimum absolute atomic E-state index is 0. The van der Waals surface area contributed by atoms with Crippen LogP contribution in [0.15, 0.2) is 47.6 Å². The van der Waals surface area contributed by atoms with E-state index in [9.17, 15) is 0 Å². The second-order valence-electron chi connectivity index (χ2n) is 5.97. The second-order valence-corrected chi connectivity index (χ2v) is 6.36. The summed E-state index contributed by atoms with van der Waals surface area (Å²) in [6.07, 6.45) is 4.54. The van der Waals surface area contributed by atoms with Crippen LogP contribution in [-0.2, 0) is 12.8 Å². The average molecular weight is 499 g/mol. The molecule has 0 unspecified atom stereocenters. The molecule has 2 aromatic heterocycles. The molecule has 3 N–H and O–H groups in total. The Bertz CT molecular complexity index is 829. The number of nitrogens with zero attached hydrogens (tertiary/aromatic N) is 3. The maximum atomic E-state index is 5.79. The number of nitrogens with one attached hydrogen (secondary N) is 3. The Morgan fingerprint density at radius 3 is 2.67 bits per heavy atom. The van der Waals surface area contributed by atoms with E-state index in [0.717, 1.165) is 60.7 Å². The number of guanidine groups is 1. The van der Waals surface area contributed by atoms with Crippen molar-refractivity contribution in [1.29, 1.82) is 0 Å². The fourth-order valence-corrected chi connectivity index (χ4v) is 2.80. The number of fused-ring (bicyclic) bond motifs is 1. The molecule has 0 bridgehead atoms. The van der Waals surface area contributed by atoms with Crippen LogP contribution >= 0.6 is 35.6 Å². The number of aromatic nitrogens is 3. The van der Waals surface area contributed by atoms with Crippen LogP contribution in [0.2, 0.25) is 5.15 Å². The number of halogens is 2. The van der Waals surface area contributed by atoms with Crippen LogP contribution in [0, 0.1) is 0 Å². The lowest BCUT2D eigenvalue weighted by Crippen LogP contribution is -2.38. The molecule has 144 valence electrons. The molecule has 0 fully saturated rings. The number of aromatic amines is 1. The van der Waals surface area contributed by atoms with Crippen LogP contribution in [0.5, 0.6) is 0 Å². The normalized spacial score (nSPS) is 11.3. The van der Waals surface area contributed by atoms with Gasteiger partial charge < -0.3 is 15.6 Å². The van der Waals surface area contributed by atoms with E-state index in [0.29, 0.717) is 5.15 Å². The summed E-state index contributed by atoms with van der Waals surface area (Å²) in [5.41, 5.74) is 3.25. The molecule has 6 nitrogen and oxygen atoms in total. The Labute approximate surface area is 181 Å². The standard InChI is InChI=1S/C19H23ClN6.HI/c1-21-19(23-12-10-14-8-9-17(20)24-13-14)22-11-4-7-18-25-15-5-2-3-6-16(15)26-18;/h2-3,5-6,8-9,13H,4,7,10-12H2,1H3,(H,25,26)(H2,21,22,23);1H. The minimum Gasteiger partial charge on any atom is -0.356 e. The van der Waals surface area contributed by atoms with E-state index in [1.165, 1.54) is 0 Å². The monoisotopic (exact) mass is 498 g/mol. The van der Waals surface area contributed by atoms with Gasteiger partial charge >= 0.3 is 0 Å². The van der Waals surface area contributed by atoms with Crippen molar-refractivity contribution in [3.05, 3.63) is 59.1 Å². The number of pyridine rings is 1. The lowest BCUT2D eigenvalue weighted by Gasteiger charge is -2.11. The molecule has 0 aliphatic heterocycles. The molecule has 0 aliphatic rings. The van der Waals surface area contributed by atoms with Gasteiger partial charge in [0, 0.05) is 32.8 Å². The van der Waals surface area contributed by atoms with Crippen LogP contribution in [0.25, 0.3) is 11.0 Å². The van der Waals surface area contributed by atoms with E-state index in [4.69, 9.17) is 11.6 Å². The molecule has 3 rings (SSSR count). The number of hydrogen-bond acceptors (Lipinski definition) is 3. The topological polar surface area (TPSA) is 78.0 Å². The zero-order valence-electron chi connectivity index (χ0n) is 15.2. The Kier molecular flexibility index (Phi) is 8.80. The number of aryl methyl sites for hydroxylation is 1. The molecular weight excluding hydrogens is 475 g/mol. The lowest BCUT2D eigenvalue weighted by atomic mass is 10.2. The highest BCUT2D eigenvalue weighted by molar-refractivity contribution is 14.0. The smallest absolute Gasteiger partial charge is 0.190 e.